The number of aryl methyl sites for hydroxylation is 1. The molecule has 128 valence electrons. The normalized spacial score (nSPS) is 16.1. The second-order valence-electron chi connectivity index (χ2n) is 6.62. The molecule has 2 aromatic carbocycles. The number of H-pyrrole nitrogens is 1. The Morgan fingerprint density at radius 2 is 1.88 bits per heavy atom. The van der Waals surface area contributed by atoms with Gasteiger partial charge in [-0.3, -0.25) is 4.79 Å². The van der Waals surface area contributed by atoms with Gasteiger partial charge in [0.15, 0.2) is 5.43 Å². The zero-order valence-electron chi connectivity index (χ0n) is 14.2. The maximum atomic E-state index is 12.1. The number of pyridine rings is 1. The lowest BCUT2D eigenvalue weighted by molar-refractivity contribution is 0.525. The quantitative estimate of drug-likeness (QED) is 0.604. The van der Waals surface area contributed by atoms with Gasteiger partial charge in [-0.25, -0.2) is 0 Å². The molecular formula is C21H23N3O. The van der Waals surface area contributed by atoms with Crippen molar-refractivity contribution in [2.45, 2.75) is 25.3 Å². The molecular weight excluding hydrogens is 310 g/mol. The van der Waals surface area contributed by atoms with Crippen LogP contribution in [-0.2, 0) is 6.42 Å². The number of anilines is 1. The summed E-state index contributed by atoms with van der Waals surface area (Å²) in [5.74, 6) is 0.787. The molecule has 0 spiro atoms. The number of para-hydroxylation sites is 1. The van der Waals surface area contributed by atoms with Gasteiger partial charge in [-0.15, -0.1) is 0 Å². The molecule has 4 nitrogen and oxygen atoms in total. The molecule has 25 heavy (non-hydrogen) atoms. The van der Waals surface area contributed by atoms with Gasteiger partial charge in [0.2, 0.25) is 0 Å². The summed E-state index contributed by atoms with van der Waals surface area (Å²) < 4.78 is 0. The highest BCUT2D eigenvalue weighted by Gasteiger charge is 2.20. The number of hydrogen-bond acceptors (Lipinski definition) is 3. The van der Waals surface area contributed by atoms with Gasteiger partial charge in [0.1, 0.15) is 5.82 Å². The van der Waals surface area contributed by atoms with Crippen molar-refractivity contribution in [3.8, 4) is 0 Å². The van der Waals surface area contributed by atoms with E-state index in [2.05, 4.69) is 39.9 Å². The van der Waals surface area contributed by atoms with E-state index in [4.69, 9.17) is 0 Å². The van der Waals surface area contributed by atoms with E-state index in [1.807, 2.05) is 24.3 Å². The standard InChI is InChI=1S/C21H23N3O/c25-20-14-21(24-19-9-4-3-8-17(19)20)23-13-5-12-22-18-11-10-15-6-1-2-7-16(15)18/h1-4,6-9,14,18,22H,5,10-13H2,(H2,23,24,25)/t18-/m1/s1. The van der Waals surface area contributed by atoms with Gasteiger partial charge in [0.25, 0.3) is 0 Å². The number of aromatic amines is 1. The topological polar surface area (TPSA) is 56.9 Å². The SMILES string of the molecule is O=c1cc(NCCCN[C@@H]2CCc3ccccc32)[nH]c2ccccc12. The summed E-state index contributed by atoms with van der Waals surface area (Å²) in [7, 11) is 0. The largest absolute Gasteiger partial charge is 0.371 e. The van der Waals surface area contributed by atoms with Crippen molar-refractivity contribution in [1.82, 2.24) is 10.3 Å². The van der Waals surface area contributed by atoms with Gasteiger partial charge in [0.05, 0.1) is 5.52 Å². The van der Waals surface area contributed by atoms with Gasteiger partial charge < -0.3 is 15.6 Å². The Hall–Kier alpha value is -2.59. The molecule has 0 radical (unpaired) electrons. The summed E-state index contributed by atoms with van der Waals surface area (Å²) in [6.07, 6.45) is 3.36. The average Bonchev–Trinajstić information content (AvgIpc) is 3.05. The molecule has 1 atom stereocenters. The first-order valence-electron chi connectivity index (χ1n) is 8.98. The first kappa shape index (κ1) is 15.9. The lowest BCUT2D eigenvalue weighted by atomic mass is 10.1. The van der Waals surface area contributed by atoms with Crippen LogP contribution >= 0.6 is 0 Å². The highest BCUT2D eigenvalue weighted by atomic mass is 16.1. The van der Waals surface area contributed by atoms with E-state index in [0.717, 1.165) is 36.2 Å². The lowest BCUT2D eigenvalue weighted by Crippen LogP contribution is -2.22. The van der Waals surface area contributed by atoms with E-state index >= 15 is 0 Å². The zero-order valence-corrected chi connectivity index (χ0v) is 14.2. The van der Waals surface area contributed by atoms with Gasteiger partial charge in [-0.05, 0) is 49.1 Å². The molecule has 4 rings (SSSR count). The molecule has 3 aromatic rings. The van der Waals surface area contributed by atoms with Crippen LogP contribution in [0.4, 0.5) is 5.82 Å². The third-order valence-corrected chi connectivity index (χ3v) is 4.93. The molecule has 4 heteroatoms. The minimum Gasteiger partial charge on any atom is -0.371 e. The Morgan fingerprint density at radius 1 is 1.04 bits per heavy atom. The Balaban J connectivity index is 1.28. The minimum atomic E-state index is 0.0533. The first-order valence-corrected chi connectivity index (χ1v) is 8.98. The predicted molar refractivity (Wildman–Crippen MR) is 103 cm³/mol. The van der Waals surface area contributed by atoms with E-state index in [9.17, 15) is 4.79 Å². The Bertz CT molecular complexity index is 932. The van der Waals surface area contributed by atoms with Crippen LogP contribution in [0.5, 0.6) is 0 Å². The molecule has 0 amide bonds. The molecule has 0 unspecified atom stereocenters. The van der Waals surface area contributed by atoms with Gasteiger partial charge in [-0.1, -0.05) is 36.4 Å². The molecule has 0 fully saturated rings. The van der Waals surface area contributed by atoms with Crippen molar-refractivity contribution in [2.75, 3.05) is 18.4 Å². The second-order valence-corrected chi connectivity index (χ2v) is 6.62. The number of nitrogens with one attached hydrogen (secondary N) is 3. The minimum absolute atomic E-state index is 0.0533. The van der Waals surface area contributed by atoms with Crippen molar-refractivity contribution >= 4 is 16.7 Å². The molecule has 3 N–H and O–H groups in total. The fraction of sp³-hybridized carbons (Fsp3) is 0.286. The summed E-state index contributed by atoms with van der Waals surface area (Å²) in [6, 6.07) is 18.4. The van der Waals surface area contributed by atoms with E-state index < -0.39 is 0 Å². The lowest BCUT2D eigenvalue weighted by Gasteiger charge is -2.14. The fourth-order valence-corrected chi connectivity index (χ4v) is 3.65. The third-order valence-electron chi connectivity index (χ3n) is 4.93. The summed E-state index contributed by atoms with van der Waals surface area (Å²) in [4.78, 5) is 15.4. The highest BCUT2D eigenvalue weighted by Crippen LogP contribution is 2.30. The van der Waals surface area contributed by atoms with Crippen LogP contribution in [0.3, 0.4) is 0 Å². The van der Waals surface area contributed by atoms with Crippen LogP contribution in [0, 0.1) is 0 Å². The van der Waals surface area contributed by atoms with Crippen LogP contribution in [0.2, 0.25) is 0 Å². The number of rotatable bonds is 6. The Labute approximate surface area is 147 Å². The van der Waals surface area contributed by atoms with Crippen LogP contribution in [-0.4, -0.2) is 18.1 Å². The van der Waals surface area contributed by atoms with E-state index in [0.29, 0.717) is 6.04 Å². The van der Waals surface area contributed by atoms with Gasteiger partial charge >= 0.3 is 0 Å². The van der Waals surface area contributed by atoms with Crippen LogP contribution in [0.25, 0.3) is 10.9 Å². The average molecular weight is 333 g/mol. The van der Waals surface area contributed by atoms with Crippen molar-refractivity contribution < 1.29 is 0 Å². The summed E-state index contributed by atoms with van der Waals surface area (Å²) in [6.45, 7) is 1.79. The van der Waals surface area contributed by atoms with E-state index in [-0.39, 0.29) is 5.43 Å². The van der Waals surface area contributed by atoms with Crippen molar-refractivity contribution in [3.05, 3.63) is 75.9 Å². The monoisotopic (exact) mass is 333 g/mol. The third kappa shape index (κ3) is 3.44. The highest BCUT2D eigenvalue weighted by molar-refractivity contribution is 5.79. The second kappa shape index (κ2) is 7.11. The molecule has 1 aliphatic rings. The van der Waals surface area contributed by atoms with Crippen LogP contribution < -0.4 is 16.1 Å². The molecule has 0 bridgehead atoms. The van der Waals surface area contributed by atoms with Crippen LogP contribution in [0.1, 0.15) is 30.0 Å². The number of benzene rings is 2. The summed E-state index contributed by atoms with van der Waals surface area (Å²) in [5, 5.41) is 7.71. The van der Waals surface area contributed by atoms with Crippen molar-refractivity contribution in [3.63, 3.8) is 0 Å². The maximum Gasteiger partial charge on any atom is 0.191 e. The van der Waals surface area contributed by atoms with Crippen molar-refractivity contribution in [2.24, 2.45) is 0 Å². The molecule has 0 saturated heterocycles. The van der Waals surface area contributed by atoms with Gasteiger partial charge in [-0.2, -0.15) is 0 Å². The van der Waals surface area contributed by atoms with Crippen molar-refractivity contribution in [1.29, 1.82) is 0 Å². The maximum absolute atomic E-state index is 12.1. The van der Waals surface area contributed by atoms with E-state index in [1.165, 1.54) is 24.0 Å². The molecule has 1 heterocycles. The molecule has 0 aliphatic heterocycles. The number of fused-ring (bicyclic) bond motifs is 2. The predicted octanol–water partition coefficient (Wildman–Crippen LogP) is 3.61. The summed E-state index contributed by atoms with van der Waals surface area (Å²) in [5.41, 5.74) is 3.86. The van der Waals surface area contributed by atoms with E-state index in [1.54, 1.807) is 6.07 Å². The molecule has 0 saturated carbocycles. The van der Waals surface area contributed by atoms with Crippen LogP contribution in [0.15, 0.2) is 59.4 Å². The smallest absolute Gasteiger partial charge is 0.191 e. The Morgan fingerprint density at radius 3 is 2.84 bits per heavy atom. The number of aromatic nitrogens is 1. The van der Waals surface area contributed by atoms with Gasteiger partial charge in [0, 0.05) is 24.0 Å². The first-order chi connectivity index (χ1) is 12.3. The zero-order chi connectivity index (χ0) is 17.1. The summed E-state index contributed by atoms with van der Waals surface area (Å²) >= 11 is 0. The molecule has 1 aliphatic carbocycles. The number of hydrogen-bond donors (Lipinski definition) is 3. The molecule has 1 aromatic heterocycles. The fourth-order valence-electron chi connectivity index (χ4n) is 3.65. The Kier molecular flexibility index (Phi) is 4.53.